The number of halogens is 3. The number of furan rings is 2. The Bertz CT molecular complexity index is 2390. The van der Waals surface area contributed by atoms with Crippen molar-refractivity contribution in [2.24, 2.45) is 0 Å². The van der Waals surface area contributed by atoms with Gasteiger partial charge in [-0.2, -0.15) is 35.5 Å². The van der Waals surface area contributed by atoms with Crippen LogP contribution in [-0.4, -0.2) is 19.6 Å². The average Bonchev–Trinajstić information content (AvgIpc) is 3.78. The maximum atomic E-state index is 14.5. The van der Waals surface area contributed by atoms with Crippen LogP contribution in [0.5, 0.6) is 0 Å². The molecule has 0 atom stereocenters. The van der Waals surface area contributed by atoms with Crippen LogP contribution in [-0.2, 0) is 32.7 Å². The number of aryl methyl sites for hydroxylation is 1. The molecule has 0 bridgehead atoms. The van der Waals surface area contributed by atoms with E-state index in [0.29, 0.717) is 33.8 Å². The second-order valence-electron chi connectivity index (χ2n) is 11.5. The van der Waals surface area contributed by atoms with Crippen molar-refractivity contribution in [3.05, 3.63) is 120 Å². The maximum Gasteiger partial charge on any atom is 2.00 e. The molecule has 4 aromatic heterocycles. The second-order valence-corrected chi connectivity index (χ2v) is 11.5. The molecule has 0 aliphatic rings. The maximum absolute atomic E-state index is 14.5. The zero-order valence-electron chi connectivity index (χ0n) is 24.1. The first kappa shape index (κ1) is 29.1. The Morgan fingerprint density at radius 3 is 1.69 bits per heavy atom. The number of nitrogens with zero attached hydrogens (tertiary/aromatic N) is 4. The van der Waals surface area contributed by atoms with E-state index in [0.717, 1.165) is 38.9 Å². The van der Waals surface area contributed by atoms with Crippen LogP contribution in [0.25, 0.3) is 55.3 Å². The Hall–Kier alpha value is -4.62. The summed E-state index contributed by atoms with van der Waals surface area (Å²) in [4.78, 5) is 0. The SMILES string of the molecule is Cc1cn(-c2[c-]cc3oc4ccccc4c3c2)nc1C(C)(C)c1nn(-c2[c-]cc3oc4ccccc4c3c2)cc1C(F)(F)F.[Pt+2]. The second kappa shape index (κ2) is 10.2. The fourth-order valence-corrected chi connectivity index (χ4v) is 6.06. The molecule has 0 amide bonds. The molecule has 0 fully saturated rings. The number of aromatic nitrogens is 4. The number of alkyl halides is 3. The molecule has 0 aliphatic carbocycles. The summed E-state index contributed by atoms with van der Waals surface area (Å²) in [6.45, 7) is 5.26. The molecule has 0 radical (unpaired) electrons. The molecule has 226 valence electrons. The van der Waals surface area contributed by atoms with E-state index in [1.165, 1.54) is 4.68 Å². The molecule has 6 nitrogen and oxygen atoms in total. The van der Waals surface area contributed by atoms with E-state index < -0.39 is 17.2 Å². The molecular weight excluding hydrogens is 760 g/mol. The van der Waals surface area contributed by atoms with Crippen LogP contribution in [0.1, 0.15) is 36.4 Å². The molecule has 0 unspecified atom stereocenters. The van der Waals surface area contributed by atoms with Gasteiger partial charge in [0.1, 0.15) is 11.2 Å². The number of fused-ring (bicyclic) bond motifs is 6. The Morgan fingerprint density at radius 2 is 1.16 bits per heavy atom. The molecular formula is C35H23F3N4O2Pt. The molecule has 4 heterocycles. The quantitative estimate of drug-likeness (QED) is 0.167. The third-order valence-corrected chi connectivity index (χ3v) is 8.18. The van der Waals surface area contributed by atoms with Crippen molar-refractivity contribution < 1.29 is 43.1 Å². The van der Waals surface area contributed by atoms with Crippen LogP contribution in [0.3, 0.4) is 0 Å². The molecule has 0 N–H and O–H groups in total. The van der Waals surface area contributed by atoms with Gasteiger partial charge < -0.3 is 8.83 Å². The van der Waals surface area contributed by atoms with E-state index in [9.17, 15) is 13.2 Å². The van der Waals surface area contributed by atoms with Crippen molar-refractivity contribution in [1.29, 1.82) is 0 Å². The summed E-state index contributed by atoms with van der Waals surface area (Å²) >= 11 is 0. The van der Waals surface area contributed by atoms with Crippen molar-refractivity contribution in [3.63, 3.8) is 0 Å². The van der Waals surface area contributed by atoms with Gasteiger partial charge in [-0.15, -0.1) is 24.3 Å². The van der Waals surface area contributed by atoms with Gasteiger partial charge in [0.2, 0.25) is 0 Å². The summed E-state index contributed by atoms with van der Waals surface area (Å²) in [5.74, 6) is 0. The van der Waals surface area contributed by atoms with Gasteiger partial charge >= 0.3 is 27.2 Å². The van der Waals surface area contributed by atoms with Crippen molar-refractivity contribution >= 4 is 43.9 Å². The van der Waals surface area contributed by atoms with Crippen LogP contribution >= 0.6 is 0 Å². The normalized spacial score (nSPS) is 12.5. The van der Waals surface area contributed by atoms with Gasteiger partial charge in [0.25, 0.3) is 0 Å². The van der Waals surface area contributed by atoms with Gasteiger partial charge in [0.15, 0.2) is 0 Å². The third kappa shape index (κ3) is 4.60. The van der Waals surface area contributed by atoms with E-state index in [-0.39, 0.29) is 26.8 Å². The summed E-state index contributed by atoms with van der Waals surface area (Å²) < 4.78 is 58.3. The van der Waals surface area contributed by atoms with E-state index >= 15 is 0 Å². The van der Waals surface area contributed by atoms with E-state index in [4.69, 9.17) is 13.9 Å². The minimum absolute atomic E-state index is 0. The van der Waals surface area contributed by atoms with Crippen LogP contribution in [0.15, 0.2) is 94.0 Å². The van der Waals surface area contributed by atoms with E-state index in [1.807, 2.05) is 61.5 Å². The minimum atomic E-state index is -4.64. The zero-order valence-corrected chi connectivity index (χ0v) is 26.4. The van der Waals surface area contributed by atoms with Crippen molar-refractivity contribution in [2.75, 3.05) is 0 Å². The monoisotopic (exact) mass is 783 g/mol. The predicted octanol–water partition coefficient (Wildman–Crippen LogP) is 9.11. The summed E-state index contributed by atoms with van der Waals surface area (Å²) in [5.41, 5.74) is 2.78. The van der Waals surface area contributed by atoms with Crippen molar-refractivity contribution in [3.8, 4) is 11.4 Å². The number of hydrogen-bond acceptors (Lipinski definition) is 4. The summed E-state index contributed by atoms with van der Waals surface area (Å²) in [6, 6.07) is 28.5. The van der Waals surface area contributed by atoms with Crippen LogP contribution in [0.2, 0.25) is 0 Å². The summed E-state index contributed by atoms with van der Waals surface area (Å²) in [6.07, 6.45) is -1.82. The van der Waals surface area contributed by atoms with E-state index in [1.54, 1.807) is 42.9 Å². The van der Waals surface area contributed by atoms with Crippen LogP contribution in [0, 0.1) is 19.1 Å². The van der Waals surface area contributed by atoms with Gasteiger partial charge in [0, 0.05) is 34.3 Å². The fourth-order valence-electron chi connectivity index (χ4n) is 6.06. The first-order chi connectivity index (χ1) is 21.1. The largest absolute Gasteiger partial charge is 2.00 e. The van der Waals surface area contributed by atoms with Gasteiger partial charge in [-0.25, -0.2) is 0 Å². The zero-order chi connectivity index (χ0) is 30.4. The molecule has 0 spiro atoms. The van der Waals surface area contributed by atoms with Crippen LogP contribution in [0.4, 0.5) is 13.2 Å². The minimum Gasteiger partial charge on any atom is -0.516 e. The molecule has 10 heteroatoms. The molecule has 0 aliphatic heterocycles. The Labute approximate surface area is 269 Å². The predicted molar refractivity (Wildman–Crippen MR) is 161 cm³/mol. The standard InChI is InChI=1S/C35H23F3N4O2.Pt/c1-20-18-41(21-12-14-30-25(16-21)23-8-4-6-10-28(23)43-30)39-32(20)34(2,3)33-27(35(36,37)38)19-42(40-33)22-13-15-31-26(17-22)24-9-5-7-11-29(24)44-31;/h4-11,14-19H,1-3H3;/q-2;+2. The van der Waals surface area contributed by atoms with Crippen molar-refractivity contribution in [2.45, 2.75) is 32.4 Å². The molecule has 8 aromatic rings. The van der Waals surface area contributed by atoms with Gasteiger partial charge in [-0.05, 0) is 49.8 Å². The molecule has 4 aromatic carbocycles. The third-order valence-electron chi connectivity index (χ3n) is 8.18. The van der Waals surface area contributed by atoms with Crippen molar-refractivity contribution in [1.82, 2.24) is 19.6 Å². The molecule has 0 saturated heterocycles. The van der Waals surface area contributed by atoms with E-state index in [2.05, 4.69) is 17.2 Å². The Kier molecular flexibility index (Phi) is 6.60. The van der Waals surface area contributed by atoms with Crippen LogP contribution < -0.4 is 0 Å². The first-order valence-electron chi connectivity index (χ1n) is 14.0. The smallest absolute Gasteiger partial charge is 0.516 e. The van der Waals surface area contributed by atoms with Gasteiger partial charge in [0.05, 0.1) is 22.4 Å². The Morgan fingerprint density at radius 1 is 0.667 bits per heavy atom. The number of hydrogen-bond donors (Lipinski definition) is 0. The topological polar surface area (TPSA) is 61.9 Å². The average molecular weight is 784 g/mol. The molecule has 0 saturated carbocycles. The van der Waals surface area contributed by atoms with Gasteiger partial charge in [-0.1, -0.05) is 47.2 Å². The summed E-state index contributed by atoms with van der Waals surface area (Å²) in [5, 5.41) is 12.8. The summed E-state index contributed by atoms with van der Waals surface area (Å²) in [7, 11) is 0. The number of benzene rings is 4. The first-order valence-corrected chi connectivity index (χ1v) is 14.0. The van der Waals surface area contributed by atoms with Gasteiger partial charge in [-0.3, -0.25) is 9.36 Å². The molecule has 45 heavy (non-hydrogen) atoms. The Balaban J connectivity index is 0.00000325. The number of rotatable bonds is 4. The fraction of sp³-hybridized carbons (Fsp3) is 0.143. The number of para-hydroxylation sites is 2. The molecule has 8 rings (SSSR count).